The number of anilines is 1. The van der Waals surface area contributed by atoms with Crippen LogP contribution < -0.4 is 5.32 Å². The maximum absolute atomic E-state index is 5.32. The zero-order valence-electron chi connectivity index (χ0n) is 10.6. The lowest BCUT2D eigenvalue weighted by atomic mass is 10.1. The number of furan rings is 1. The Hall–Kier alpha value is -1.29. The lowest BCUT2D eigenvalue weighted by Crippen LogP contribution is -2.16. The molecule has 0 aliphatic heterocycles. The second kappa shape index (κ2) is 6.05. The molecule has 3 nitrogen and oxygen atoms in total. The fourth-order valence-electron chi connectivity index (χ4n) is 1.81. The van der Waals surface area contributed by atoms with Crippen LogP contribution in [0.2, 0.25) is 0 Å². The van der Waals surface area contributed by atoms with Gasteiger partial charge < -0.3 is 9.73 Å². The summed E-state index contributed by atoms with van der Waals surface area (Å²) in [6.07, 6.45) is 5.54. The van der Waals surface area contributed by atoms with Gasteiger partial charge in [0.2, 0.25) is 0 Å². The summed E-state index contributed by atoms with van der Waals surface area (Å²) in [5.74, 6) is 1.04. The van der Waals surface area contributed by atoms with Crippen LogP contribution in [0.4, 0.5) is 5.69 Å². The van der Waals surface area contributed by atoms with Gasteiger partial charge in [0.05, 0.1) is 18.1 Å². The molecule has 0 amide bonds. The van der Waals surface area contributed by atoms with Gasteiger partial charge in [0, 0.05) is 12.5 Å². The highest BCUT2D eigenvalue weighted by Crippen LogP contribution is 2.18. The van der Waals surface area contributed by atoms with Gasteiger partial charge in [-0.3, -0.25) is 0 Å². The zero-order valence-corrected chi connectivity index (χ0v) is 12.2. The number of pyridine rings is 1. The van der Waals surface area contributed by atoms with Gasteiger partial charge in [0.15, 0.2) is 0 Å². The summed E-state index contributed by atoms with van der Waals surface area (Å²) >= 11 is 3.40. The van der Waals surface area contributed by atoms with Gasteiger partial charge in [-0.05, 0) is 60.0 Å². The molecule has 0 saturated carbocycles. The standard InChI is InChI=1S/C14H17BrN2O/c1-10-8-12(9-16-14(10)15)17-11(2)5-6-13-4-3-7-18-13/h3-4,7-9,11,17H,5-6H2,1-2H3. The maximum Gasteiger partial charge on any atom is 0.109 e. The molecule has 0 saturated heterocycles. The molecule has 18 heavy (non-hydrogen) atoms. The van der Waals surface area contributed by atoms with Crippen LogP contribution >= 0.6 is 15.9 Å². The number of nitrogens with zero attached hydrogens (tertiary/aromatic N) is 1. The SMILES string of the molecule is Cc1cc(NC(C)CCc2ccco2)cnc1Br. The average Bonchev–Trinajstić information content (AvgIpc) is 2.84. The minimum Gasteiger partial charge on any atom is -0.469 e. The summed E-state index contributed by atoms with van der Waals surface area (Å²) in [6, 6.07) is 6.42. The molecule has 1 N–H and O–H groups in total. The molecule has 96 valence electrons. The van der Waals surface area contributed by atoms with E-state index in [2.05, 4.69) is 39.2 Å². The molecule has 0 bridgehead atoms. The fraction of sp³-hybridized carbons (Fsp3) is 0.357. The van der Waals surface area contributed by atoms with E-state index in [9.17, 15) is 0 Å². The van der Waals surface area contributed by atoms with Gasteiger partial charge in [-0.1, -0.05) is 0 Å². The Morgan fingerprint density at radius 1 is 1.50 bits per heavy atom. The van der Waals surface area contributed by atoms with Crippen LogP contribution in [0.3, 0.4) is 0 Å². The topological polar surface area (TPSA) is 38.1 Å². The van der Waals surface area contributed by atoms with E-state index in [0.717, 1.165) is 34.5 Å². The number of hydrogen-bond acceptors (Lipinski definition) is 3. The van der Waals surface area contributed by atoms with Crippen LogP contribution in [-0.2, 0) is 6.42 Å². The molecular formula is C14H17BrN2O. The number of halogens is 1. The molecule has 0 radical (unpaired) electrons. The molecule has 2 aromatic rings. The van der Waals surface area contributed by atoms with Crippen LogP contribution in [0.15, 0.2) is 39.7 Å². The van der Waals surface area contributed by atoms with Crippen molar-refractivity contribution in [2.75, 3.05) is 5.32 Å². The first-order chi connectivity index (χ1) is 8.65. The third-order valence-corrected chi connectivity index (χ3v) is 3.66. The second-order valence-electron chi connectivity index (χ2n) is 4.50. The largest absolute Gasteiger partial charge is 0.469 e. The van der Waals surface area contributed by atoms with Crippen molar-refractivity contribution < 1.29 is 4.42 Å². The monoisotopic (exact) mass is 308 g/mol. The lowest BCUT2D eigenvalue weighted by Gasteiger charge is -2.15. The van der Waals surface area contributed by atoms with Crippen molar-refractivity contribution in [2.24, 2.45) is 0 Å². The highest BCUT2D eigenvalue weighted by Gasteiger charge is 2.05. The Kier molecular flexibility index (Phi) is 4.42. The van der Waals surface area contributed by atoms with Gasteiger partial charge in [0.1, 0.15) is 10.4 Å². The van der Waals surface area contributed by atoms with Crippen molar-refractivity contribution in [1.29, 1.82) is 0 Å². The Morgan fingerprint density at radius 2 is 2.33 bits per heavy atom. The van der Waals surface area contributed by atoms with Crippen molar-refractivity contribution in [3.8, 4) is 0 Å². The minimum atomic E-state index is 0.387. The van der Waals surface area contributed by atoms with Gasteiger partial charge in [0.25, 0.3) is 0 Å². The molecule has 2 heterocycles. The number of nitrogens with one attached hydrogen (secondary N) is 1. The van der Waals surface area contributed by atoms with E-state index < -0.39 is 0 Å². The van der Waals surface area contributed by atoms with Gasteiger partial charge in [-0.25, -0.2) is 4.98 Å². The molecule has 1 atom stereocenters. The average molecular weight is 309 g/mol. The van der Waals surface area contributed by atoms with Crippen molar-refractivity contribution in [3.63, 3.8) is 0 Å². The van der Waals surface area contributed by atoms with Crippen molar-refractivity contribution in [2.45, 2.75) is 32.7 Å². The van der Waals surface area contributed by atoms with Crippen molar-refractivity contribution in [3.05, 3.63) is 46.6 Å². The smallest absolute Gasteiger partial charge is 0.109 e. The summed E-state index contributed by atoms with van der Waals surface area (Å²) < 4.78 is 6.22. The third kappa shape index (κ3) is 3.60. The summed E-state index contributed by atoms with van der Waals surface area (Å²) in [5.41, 5.74) is 2.20. The zero-order chi connectivity index (χ0) is 13.0. The van der Waals surface area contributed by atoms with Crippen LogP contribution in [-0.4, -0.2) is 11.0 Å². The van der Waals surface area contributed by atoms with Crippen molar-refractivity contribution >= 4 is 21.6 Å². The molecule has 2 rings (SSSR count). The number of aromatic nitrogens is 1. The quantitative estimate of drug-likeness (QED) is 0.842. The van der Waals surface area contributed by atoms with Gasteiger partial charge in [-0.15, -0.1) is 0 Å². The van der Waals surface area contributed by atoms with Gasteiger partial charge >= 0.3 is 0 Å². The van der Waals surface area contributed by atoms with Crippen LogP contribution in [0, 0.1) is 6.92 Å². The Morgan fingerprint density at radius 3 is 3.00 bits per heavy atom. The molecule has 0 aliphatic rings. The Bertz CT molecular complexity index is 497. The molecule has 0 fully saturated rings. The number of aryl methyl sites for hydroxylation is 2. The van der Waals surface area contributed by atoms with E-state index in [0.29, 0.717) is 6.04 Å². The maximum atomic E-state index is 5.32. The molecule has 0 aromatic carbocycles. The van der Waals surface area contributed by atoms with E-state index >= 15 is 0 Å². The van der Waals surface area contributed by atoms with E-state index in [4.69, 9.17) is 4.42 Å². The summed E-state index contributed by atoms with van der Waals surface area (Å²) in [6.45, 7) is 4.20. The van der Waals surface area contributed by atoms with Crippen LogP contribution in [0.5, 0.6) is 0 Å². The summed E-state index contributed by atoms with van der Waals surface area (Å²) in [4.78, 5) is 4.28. The first-order valence-corrected chi connectivity index (χ1v) is 6.85. The molecule has 1 unspecified atom stereocenters. The summed E-state index contributed by atoms with van der Waals surface area (Å²) in [7, 11) is 0. The minimum absolute atomic E-state index is 0.387. The van der Waals surface area contributed by atoms with Crippen LogP contribution in [0.25, 0.3) is 0 Å². The highest BCUT2D eigenvalue weighted by atomic mass is 79.9. The second-order valence-corrected chi connectivity index (χ2v) is 5.25. The predicted molar refractivity (Wildman–Crippen MR) is 76.8 cm³/mol. The van der Waals surface area contributed by atoms with E-state index in [1.807, 2.05) is 25.3 Å². The van der Waals surface area contributed by atoms with E-state index in [1.54, 1.807) is 6.26 Å². The third-order valence-electron chi connectivity index (χ3n) is 2.83. The molecule has 4 heteroatoms. The van der Waals surface area contributed by atoms with E-state index in [-0.39, 0.29) is 0 Å². The normalized spacial score (nSPS) is 12.4. The molecular weight excluding hydrogens is 292 g/mol. The van der Waals surface area contributed by atoms with Crippen LogP contribution in [0.1, 0.15) is 24.7 Å². The Labute approximate surface area is 116 Å². The Balaban J connectivity index is 1.86. The number of hydrogen-bond donors (Lipinski definition) is 1. The first kappa shape index (κ1) is 13.1. The van der Waals surface area contributed by atoms with E-state index in [1.165, 1.54) is 0 Å². The molecule has 2 aromatic heterocycles. The fourth-order valence-corrected chi connectivity index (χ4v) is 2.02. The highest BCUT2D eigenvalue weighted by molar-refractivity contribution is 9.10. The molecule has 0 aliphatic carbocycles. The first-order valence-electron chi connectivity index (χ1n) is 6.06. The number of rotatable bonds is 5. The summed E-state index contributed by atoms with van der Waals surface area (Å²) in [5, 5.41) is 3.45. The molecule has 0 spiro atoms. The predicted octanol–water partition coefficient (Wildman–Crippen LogP) is 4.18. The van der Waals surface area contributed by atoms with Crippen molar-refractivity contribution in [1.82, 2.24) is 4.98 Å². The lowest BCUT2D eigenvalue weighted by molar-refractivity contribution is 0.495. The van der Waals surface area contributed by atoms with Gasteiger partial charge in [-0.2, -0.15) is 0 Å².